The highest BCUT2D eigenvalue weighted by molar-refractivity contribution is 6.33. The van der Waals surface area contributed by atoms with Crippen molar-refractivity contribution in [1.29, 1.82) is 0 Å². The maximum Gasteiger partial charge on any atom is 0.336 e. The van der Waals surface area contributed by atoms with Gasteiger partial charge in [0, 0.05) is 0 Å². The summed E-state index contributed by atoms with van der Waals surface area (Å²) in [5, 5.41) is 9.74. The van der Waals surface area contributed by atoms with Crippen molar-refractivity contribution in [2.45, 2.75) is 103 Å². The van der Waals surface area contributed by atoms with Gasteiger partial charge in [-0.2, -0.15) is 0 Å². The Morgan fingerprint density at radius 1 is 0.852 bits per heavy atom. The lowest BCUT2D eigenvalue weighted by atomic mass is 9.98. The second kappa shape index (κ2) is 14.8. The minimum atomic E-state index is -0.932. The van der Waals surface area contributed by atoms with Gasteiger partial charge in [-0.3, -0.25) is 0 Å². The van der Waals surface area contributed by atoms with Crippen LogP contribution in [0.5, 0.6) is 0 Å². The van der Waals surface area contributed by atoms with Gasteiger partial charge >= 0.3 is 5.97 Å². The SMILES string of the molecule is CCCCCCCCCCCCCCCCc1c(C(=O)O)ccc(Cl)c1N. The van der Waals surface area contributed by atoms with Crippen LogP contribution in [0.4, 0.5) is 5.69 Å². The van der Waals surface area contributed by atoms with Crippen LogP contribution in [-0.2, 0) is 6.42 Å². The molecule has 0 aliphatic carbocycles. The normalized spacial score (nSPS) is 11.0. The van der Waals surface area contributed by atoms with Gasteiger partial charge in [-0.15, -0.1) is 0 Å². The zero-order valence-corrected chi connectivity index (χ0v) is 17.8. The molecule has 0 aliphatic heterocycles. The number of nitrogen functional groups attached to an aromatic ring is 1. The fraction of sp³-hybridized carbons (Fsp3) is 0.696. The van der Waals surface area contributed by atoms with Crippen LogP contribution in [0.1, 0.15) is 113 Å². The van der Waals surface area contributed by atoms with Crippen LogP contribution in [0.2, 0.25) is 5.02 Å². The van der Waals surface area contributed by atoms with Gasteiger partial charge in [0.15, 0.2) is 0 Å². The second-order valence-electron chi connectivity index (χ2n) is 7.64. The molecule has 3 N–H and O–H groups in total. The van der Waals surface area contributed by atoms with Crippen molar-refractivity contribution in [3.05, 3.63) is 28.3 Å². The number of unbranched alkanes of at least 4 members (excludes halogenated alkanes) is 13. The molecule has 0 unspecified atom stereocenters. The molecule has 0 heterocycles. The number of carbonyl (C=O) groups is 1. The van der Waals surface area contributed by atoms with Crippen molar-refractivity contribution in [3.8, 4) is 0 Å². The third-order valence-corrected chi connectivity index (χ3v) is 5.64. The standard InChI is InChI=1S/C23H38ClNO2/c1-2-3-4-5-6-7-8-9-10-11-12-13-14-15-16-19-20(23(26)27)17-18-21(24)22(19)25/h17-18H,2-16,25H2,1H3,(H,26,27). The first-order valence-electron chi connectivity index (χ1n) is 10.9. The van der Waals surface area contributed by atoms with Crippen LogP contribution in [0.25, 0.3) is 0 Å². The summed E-state index contributed by atoms with van der Waals surface area (Å²) in [6.07, 6.45) is 19.0. The topological polar surface area (TPSA) is 63.3 Å². The van der Waals surface area contributed by atoms with Crippen molar-refractivity contribution in [3.63, 3.8) is 0 Å². The molecule has 4 heteroatoms. The number of hydrogen-bond donors (Lipinski definition) is 2. The maximum absolute atomic E-state index is 11.3. The number of carboxylic acids is 1. The minimum absolute atomic E-state index is 0.284. The Bertz CT molecular complexity index is 545. The highest BCUT2D eigenvalue weighted by Gasteiger charge is 2.14. The summed E-state index contributed by atoms with van der Waals surface area (Å²) < 4.78 is 0. The average Bonchev–Trinajstić information content (AvgIpc) is 2.65. The van der Waals surface area contributed by atoms with Crippen LogP contribution < -0.4 is 5.73 Å². The van der Waals surface area contributed by atoms with Crippen molar-refractivity contribution < 1.29 is 9.90 Å². The molecule has 1 rings (SSSR count). The molecule has 27 heavy (non-hydrogen) atoms. The van der Waals surface area contributed by atoms with E-state index in [-0.39, 0.29) is 5.56 Å². The van der Waals surface area contributed by atoms with E-state index < -0.39 is 5.97 Å². The number of nitrogens with two attached hydrogens (primary N) is 1. The fourth-order valence-electron chi connectivity index (χ4n) is 3.60. The molecular formula is C23H38ClNO2. The quantitative estimate of drug-likeness (QED) is 0.223. The lowest BCUT2D eigenvalue weighted by Gasteiger charge is -2.11. The molecule has 1 aromatic carbocycles. The Kier molecular flexibility index (Phi) is 13.0. The maximum atomic E-state index is 11.3. The third kappa shape index (κ3) is 10.0. The van der Waals surface area contributed by atoms with Crippen LogP contribution in [0, 0.1) is 0 Å². The summed E-state index contributed by atoms with van der Waals surface area (Å²) in [6, 6.07) is 3.12. The van der Waals surface area contributed by atoms with Gasteiger partial charge in [-0.1, -0.05) is 102 Å². The van der Waals surface area contributed by atoms with E-state index in [4.69, 9.17) is 17.3 Å². The first-order chi connectivity index (χ1) is 13.1. The molecular weight excluding hydrogens is 358 g/mol. The van der Waals surface area contributed by atoms with Crippen molar-refractivity contribution in [2.75, 3.05) is 5.73 Å². The second-order valence-corrected chi connectivity index (χ2v) is 8.05. The lowest BCUT2D eigenvalue weighted by molar-refractivity contribution is 0.0695. The Labute approximate surface area is 170 Å². The first-order valence-corrected chi connectivity index (χ1v) is 11.3. The van der Waals surface area contributed by atoms with Gasteiger partial charge in [-0.25, -0.2) is 4.79 Å². The largest absolute Gasteiger partial charge is 0.478 e. The van der Waals surface area contributed by atoms with E-state index in [0.717, 1.165) is 12.8 Å². The van der Waals surface area contributed by atoms with Gasteiger partial charge in [-0.05, 0) is 30.5 Å². The highest BCUT2D eigenvalue weighted by Crippen LogP contribution is 2.28. The summed E-state index contributed by atoms with van der Waals surface area (Å²) >= 11 is 6.04. The fourth-order valence-corrected chi connectivity index (χ4v) is 3.78. The molecule has 0 fully saturated rings. The molecule has 1 aromatic rings. The molecule has 0 radical (unpaired) electrons. The van der Waals surface area contributed by atoms with Gasteiger partial charge in [0.1, 0.15) is 0 Å². The molecule has 0 bridgehead atoms. The molecule has 0 saturated carbocycles. The monoisotopic (exact) mass is 395 g/mol. The Hall–Kier alpha value is -1.22. The predicted molar refractivity (Wildman–Crippen MR) is 117 cm³/mol. The number of aromatic carboxylic acids is 1. The van der Waals surface area contributed by atoms with E-state index >= 15 is 0 Å². The number of benzene rings is 1. The first kappa shape index (κ1) is 23.8. The van der Waals surface area contributed by atoms with E-state index in [2.05, 4.69) is 6.92 Å². The molecule has 0 atom stereocenters. The number of carboxylic acid groups (broad SMARTS) is 1. The van der Waals surface area contributed by atoms with Gasteiger partial charge in [0.25, 0.3) is 0 Å². The Morgan fingerprint density at radius 2 is 1.30 bits per heavy atom. The van der Waals surface area contributed by atoms with Crippen LogP contribution in [0.15, 0.2) is 12.1 Å². The highest BCUT2D eigenvalue weighted by atomic mass is 35.5. The molecule has 0 spiro atoms. The summed E-state index contributed by atoms with van der Waals surface area (Å²) in [7, 11) is 0. The number of anilines is 1. The summed E-state index contributed by atoms with van der Waals surface area (Å²) in [5.41, 5.74) is 7.38. The Balaban J connectivity index is 2.05. The molecule has 3 nitrogen and oxygen atoms in total. The van der Waals surface area contributed by atoms with Crippen LogP contribution >= 0.6 is 11.6 Å². The molecule has 0 aliphatic rings. The number of halogens is 1. The van der Waals surface area contributed by atoms with E-state index in [0.29, 0.717) is 22.7 Å². The van der Waals surface area contributed by atoms with E-state index in [1.165, 1.54) is 77.0 Å². The minimum Gasteiger partial charge on any atom is -0.478 e. The van der Waals surface area contributed by atoms with E-state index in [9.17, 15) is 9.90 Å². The number of rotatable bonds is 16. The van der Waals surface area contributed by atoms with Crippen LogP contribution in [-0.4, -0.2) is 11.1 Å². The zero-order valence-electron chi connectivity index (χ0n) is 17.1. The zero-order chi connectivity index (χ0) is 19.9. The van der Waals surface area contributed by atoms with E-state index in [1.54, 1.807) is 12.1 Å². The third-order valence-electron chi connectivity index (χ3n) is 5.31. The lowest BCUT2D eigenvalue weighted by Crippen LogP contribution is -2.06. The molecule has 0 aromatic heterocycles. The van der Waals surface area contributed by atoms with Crippen molar-refractivity contribution in [1.82, 2.24) is 0 Å². The van der Waals surface area contributed by atoms with Crippen molar-refractivity contribution in [2.24, 2.45) is 0 Å². The smallest absolute Gasteiger partial charge is 0.336 e. The summed E-state index contributed by atoms with van der Waals surface area (Å²) in [6.45, 7) is 2.26. The van der Waals surface area contributed by atoms with Crippen LogP contribution in [0.3, 0.4) is 0 Å². The van der Waals surface area contributed by atoms with Gasteiger partial charge in [0.2, 0.25) is 0 Å². The number of hydrogen-bond acceptors (Lipinski definition) is 2. The summed E-state index contributed by atoms with van der Waals surface area (Å²) in [5.74, 6) is -0.932. The molecule has 154 valence electrons. The van der Waals surface area contributed by atoms with Gasteiger partial charge in [0.05, 0.1) is 16.3 Å². The molecule has 0 saturated heterocycles. The van der Waals surface area contributed by atoms with Gasteiger partial charge < -0.3 is 10.8 Å². The molecule has 0 amide bonds. The van der Waals surface area contributed by atoms with Crippen molar-refractivity contribution >= 4 is 23.3 Å². The van der Waals surface area contributed by atoms with E-state index in [1.807, 2.05) is 0 Å². The average molecular weight is 396 g/mol. The summed E-state index contributed by atoms with van der Waals surface area (Å²) in [4.78, 5) is 11.3. The Morgan fingerprint density at radius 3 is 1.74 bits per heavy atom. The predicted octanol–water partition coefficient (Wildman–Crippen LogP) is 7.64.